The van der Waals surface area contributed by atoms with E-state index >= 15 is 0 Å². The molecule has 0 fully saturated rings. The van der Waals surface area contributed by atoms with Gasteiger partial charge in [0.25, 0.3) is 0 Å². The molecule has 0 aromatic heterocycles. The van der Waals surface area contributed by atoms with Gasteiger partial charge in [0.2, 0.25) is 0 Å². The van der Waals surface area contributed by atoms with Crippen molar-refractivity contribution in [3.8, 4) is 0 Å². The van der Waals surface area contributed by atoms with E-state index in [1.54, 1.807) is 0 Å². The summed E-state index contributed by atoms with van der Waals surface area (Å²) in [4.78, 5) is 9.93. The van der Waals surface area contributed by atoms with E-state index in [9.17, 15) is 9.28 Å². The first-order chi connectivity index (χ1) is 7.77. The largest absolute Gasteiger partial charge is 0.379 e. The van der Waals surface area contributed by atoms with Gasteiger partial charge >= 0.3 is 0 Å². The van der Waals surface area contributed by atoms with Gasteiger partial charge in [-0.05, 0) is 0 Å². The molecular formula is C10H20FNO4. The maximum atomic E-state index is 12.2. The number of aldehydes is 1. The third-order valence-corrected chi connectivity index (χ3v) is 1.67. The van der Waals surface area contributed by atoms with Crippen LogP contribution in [-0.4, -0.2) is 64.6 Å². The summed E-state index contributed by atoms with van der Waals surface area (Å²) >= 11 is 0. The molecule has 0 unspecified atom stereocenters. The van der Waals surface area contributed by atoms with Gasteiger partial charge in [-0.15, -0.1) is 9.60 Å². The van der Waals surface area contributed by atoms with Crippen molar-refractivity contribution in [2.75, 3.05) is 53.2 Å². The predicted molar refractivity (Wildman–Crippen MR) is 56.9 cm³/mol. The number of nitrogens with zero attached hydrogens (tertiary/aromatic N) is 1. The normalized spacial score (nSPS) is 10.9. The Hall–Kier alpha value is -0.560. The van der Waals surface area contributed by atoms with Gasteiger partial charge in [0.1, 0.15) is 6.29 Å². The summed E-state index contributed by atoms with van der Waals surface area (Å²) in [6, 6.07) is 0. The van der Waals surface area contributed by atoms with E-state index < -0.39 is 0 Å². The van der Waals surface area contributed by atoms with Gasteiger partial charge in [-0.1, -0.05) is 0 Å². The smallest absolute Gasteiger partial charge is 0.122 e. The fourth-order valence-corrected chi connectivity index (χ4v) is 0.864. The van der Waals surface area contributed by atoms with Crippen molar-refractivity contribution in [3.05, 3.63) is 0 Å². The number of rotatable bonds is 12. The van der Waals surface area contributed by atoms with Crippen molar-refractivity contribution in [2.24, 2.45) is 0 Å². The minimum Gasteiger partial charge on any atom is -0.379 e. The van der Waals surface area contributed by atoms with E-state index in [0.717, 1.165) is 6.29 Å². The summed E-state index contributed by atoms with van der Waals surface area (Å²) in [5.41, 5.74) is 0. The van der Waals surface area contributed by atoms with Crippen molar-refractivity contribution < 1.29 is 23.5 Å². The van der Waals surface area contributed by atoms with Crippen molar-refractivity contribution in [2.45, 2.75) is 6.42 Å². The number of carbonyl (C=O) groups is 1. The van der Waals surface area contributed by atoms with Crippen LogP contribution in [0.3, 0.4) is 0 Å². The number of halogens is 1. The lowest BCUT2D eigenvalue weighted by atomic mass is 10.5. The third kappa shape index (κ3) is 13.4. The molecule has 96 valence electrons. The SMILES string of the molecule is CN(F)CCOCCOCCOCCC=O. The molecule has 0 bridgehead atoms. The Balaban J connectivity index is 2.90. The van der Waals surface area contributed by atoms with Crippen molar-refractivity contribution in [1.82, 2.24) is 5.12 Å². The van der Waals surface area contributed by atoms with Crippen LogP contribution < -0.4 is 0 Å². The minimum absolute atomic E-state index is 0.259. The van der Waals surface area contributed by atoms with Gasteiger partial charge in [-0.25, -0.2) is 0 Å². The lowest BCUT2D eigenvalue weighted by molar-refractivity contribution is -0.108. The molecule has 0 spiro atoms. The number of hydrogen-bond donors (Lipinski definition) is 0. The Morgan fingerprint density at radius 2 is 1.50 bits per heavy atom. The Bertz CT molecular complexity index is 158. The molecule has 6 heteroatoms. The van der Waals surface area contributed by atoms with Crippen LogP contribution in [0.15, 0.2) is 0 Å². The fraction of sp³-hybridized carbons (Fsp3) is 0.900. The minimum atomic E-state index is 0.259. The molecular weight excluding hydrogens is 217 g/mol. The summed E-state index contributed by atoms with van der Waals surface area (Å²) in [7, 11) is 1.34. The maximum absolute atomic E-state index is 12.2. The highest BCUT2D eigenvalue weighted by atomic mass is 19.2. The van der Waals surface area contributed by atoms with E-state index in [2.05, 4.69) is 0 Å². The third-order valence-electron chi connectivity index (χ3n) is 1.67. The zero-order chi connectivity index (χ0) is 12.1. The summed E-state index contributed by atoms with van der Waals surface area (Å²) in [6.45, 7) is 2.91. The predicted octanol–water partition coefficient (Wildman–Crippen LogP) is 0.442. The number of hydrogen-bond acceptors (Lipinski definition) is 5. The highest BCUT2D eigenvalue weighted by molar-refractivity contribution is 5.49. The lowest BCUT2D eigenvalue weighted by Gasteiger charge is -2.07. The average Bonchev–Trinajstić information content (AvgIpc) is 2.25. The first kappa shape index (κ1) is 15.4. The molecule has 0 aromatic rings. The molecule has 0 atom stereocenters. The van der Waals surface area contributed by atoms with Crippen LogP contribution in [0.2, 0.25) is 0 Å². The lowest BCUT2D eigenvalue weighted by Crippen LogP contribution is -2.16. The molecule has 0 heterocycles. The molecule has 0 radical (unpaired) electrons. The van der Waals surface area contributed by atoms with E-state index in [1.807, 2.05) is 0 Å². The van der Waals surface area contributed by atoms with Gasteiger partial charge < -0.3 is 19.0 Å². The summed E-state index contributed by atoms with van der Waals surface area (Å²) < 4.78 is 27.5. The van der Waals surface area contributed by atoms with Crippen molar-refractivity contribution in [3.63, 3.8) is 0 Å². The molecule has 5 nitrogen and oxygen atoms in total. The Labute approximate surface area is 95.4 Å². The second-order valence-electron chi connectivity index (χ2n) is 3.12. The molecule has 0 aliphatic carbocycles. The molecule has 0 saturated heterocycles. The van der Waals surface area contributed by atoms with E-state index in [-0.39, 0.29) is 6.54 Å². The van der Waals surface area contributed by atoms with Crippen LogP contribution >= 0.6 is 0 Å². The van der Waals surface area contributed by atoms with Crippen LogP contribution in [0.25, 0.3) is 0 Å². The van der Waals surface area contributed by atoms with Crippen LogP contribution in [0.1, 0.15) is 6.42 Å². The Morgan fingerprint density at radius 1 is 1.00 bits per heavy atom. The average molecular weight is 237 g/mol. The van der Waals surface area contributed by atoms with Gasteiger partial charge in [-0.3, -0.25) is 0 Å². The van der Waals surface area contributed by atoms with Gasteiger partial charge in [0, 0.05) is 13.5 Å². The van der Waals surface area contributed by atoms with Crippen molar-refractivity contribution >= 4 is 6.29 Å². The van der Waals surface area contributed by atoms with E-state index in [1.165, 1.54) is 7.05 Å². The number of ether oxygens (including phenoxy) is 3. The van der Waals surface area contributed by atoms with E-state index in [0.29, 0.717) is 51.2 Å². The fourth-order valence-electron chi connectivity index (χ4n) is 0.864. The summed E-state index contributed by atoms with van der Waals surface area (Å²) in [5, 5.41) is 0.571. The van der Waals surface area contributed by atoms with Gasteiger partial charge in [-0.2, -0.15) is 0 Å². The topological polar surface area (TPSA) is 48.0 Å². The molecule has 16 heavy (non-hydrogen) atoms. The Kier molecular flexibility index (Phi) is 12.1. The molecule has 0 N–H and O–H groups in total. The highest BCUT2D eigenvalue weighted by Gasteiger charge is 1.94. The summed E-state index contributed by atoms with van der Waals surface area (Å²) in [5.74, 6) is 0. The monoisotopic (exact) mass is 237 g/mol. The zero-order valence-corrected chi connectivity index (χ0v) is 9.69. The number of likely N-dealkylation sites (N-methyl/N-ethyl adjacent to an activating group) is 1. The molecule has 0 amide bonds. The quantitative estimate of drug-likeness (QED) is 0.280. The maximum Gasteiger partial charge on any atom is 0.122 e. The Morgan fingerprint density at radius 3 is 2.00 bits per heavy atom. The first-order valence-corrected chi connectivity index (χ1v) is 5.31. The molecule has 0 rings (SSSR count). The van der Waals surface area contributed by atoms with Crippen molar-refractivity contribution in [1.29, 1.82) is 0 Å². The van der Waals surface area contributed by atoms with Crippen LogP contribution in [0.4, 0.5) is 4.48 Å². The second-order valence-corrected chi connectivity index (χ2v) is 3.12. The number of carbonyl (C=O) groups excluding carboxylic acids is 1. The molecule has 0 aliphatic rings. The standard InChI is InChI=1S/C10H20FNO4/c1-12(11)3-6-15-8-10-16-9-7-14-5-2-4-13/h4H,2-3,5-10H2,1H3. The molecule has 0 aliphatic heterocycles. The van der Waals surface area contributed by atoms with E-state index in [4.69, 9.17) is 14.2 Å². The summed E-state index contributed by atoms with van der Waals surface area (Å²) in [6.07, 6.45) is 1.23. The van der Waals surface area contributed by atoms with Gasteiger partial charge in [0.15, 0.2) is 0 Å². The van der Waals surface area contributed by atoms with Gasteiger partial charge in [0.05, 0.1) is 46.2 Å². The van der Waals surface area contributed by atoms with Crippen LogP contribution in [0, 0.1) is 0 Å². The zero-order valence-electron chi connectivity index (χ0n) is 9.69. The highest BCUT2D eigenvalue weighted by Crippen LogP contribution is 1.85. The second kappa shape index (κ2) is 12.5. The first-order valence-electron chi connectivity index (χ1n) is 5.31. The molecule has 0 saturated carbocycles. The van der Waals surface area contributed by atoms with Crippen LogP contribution in [0.5, 0.6) is 0 Å². The van der Waals surface area contributed by atoms with Crippen LogP contribution in [-0.2, 0) is 19.0 Å². The molecule has 0 aromatic carbocycles.